The Morgan fingerprint density at radius 3 is 2.34 bits per heavy atom. The standard InChI is InChI=1S/C27H17Cl2N3O3/c28-17-10-12-24(35-19-6-2-1-3-7-19)23(14-17)30-16-22-20-8-4-5-9-21(20)26(33)32(27(22)34)25-13-11-18(29)15-31-25/h1-16,34H. The van der Waals surface area contributed by atoms with Gasteiger partial charge in [-0.1, -0.05) is 59.6 Å². The molecule has 35 heavy (non-hydrogen) atoms. The number of ether oxygens (including phenoxy) is 1. The Morgan fingerprint density at radius 2 is 1.60 bits per heavy atom. The number of rotatable bonds is 5. The minimum atomic E-state index is -0.416. The van der Waals surface area contributed by atoms with E-state index in [0.29, 0.717) is 43.6 Å². The maximum absolute atomic E-state index is 13.2. The normalized spacial score (nSPS) is 11.3. The molecule has 0 radical (unpaired) electrons. The van der Waals surface area contributed by atoms with E-state index in [-0.39, 0.29) is 11.7 Å². The van der Waals surface area contributed by atoms with E-state index in [0.717, 1.165) is 4.57 Å². The molecule has 0 aliphatic carbocycles. The zero-order chi connectivity index (χ0) is 24.4. The molecule has 1 N–H and O–H groups in total. The van der Waals surface area contributed by atoms with Crippen LogP contribution < -0.4 is 10.3 Å². The number of hydrogen-bond donors (Lipinski definition) is 1. The Morgan fingerprint density at radius 1 is 0.886 bits per heavy atom. The molecule has 0 aliphatic heterocycles. The first-order valence-corrected chi connectivity index (χ1v) is 11.3. The predicted molar refractivity (Wildman–Crippen MR) is 139 cm³/mol. The van der Waals surface area contributed by atoms with E-state index in [1.807, 2.05) is 30.3 Å². The second-order valence-electron chi connectivity index (χ2n) is 7.54. The second-order valence-corrected chi connectivity index (χ2v) is 8.42. The van der Waals surface area contributed by atoms with E-state index in [4.69, 9.17) is 27.9 Å². The first kappa shape index (κ1) is 22.7. The molecule has 0 fully saturated rings. The fourth-order valence-electron chi connectivity index (χ4n) is 3.63. The summed E-state index contributed by atoms with van der Waals surface area (Å²) in [4.78, 5) is 22.0. The van der Waals surface area contributed by atoms with Crippen molar-refractivity contribution >= 4 is 45.9 Å². The van der Waals surface area contributed by atoms with Gasteiger partial charge in [0.25, 0.3) is 5.56 Å². The Bertz CT molecular complexity index is 1620. The molecule has 6 nitrogen and oxygen atoms in total. The first-order valence-electron chi connectivity index (χ1n) is 10.6. The quantitative estimate of drug-likeness (QED) is 0.264. The van der Waals surface area contributed by atoms with Gasteiger partial charge in [0.2, 0.25) is 5.88 Å². The van der Waals surface area contributed by atoms with E-state index in [1.165, 1.54) is 12.4 Å². The largest absolute Gasteiger partial charge is 0.494 e. The molecule has 2 heterocycles. The van der Waals surface area contributed by atoms with Gasteiger partial charge in [-0.15, -0.1) is 0 Å². The summed E-state index contributed by atoms with van der Waals surface area (Å²) in [6, 6.07) is 24.5. The lowest BCUT2D eigenvalue weighted by molar-refractivity contribution is 0.435. The van der Waals surface area contributed by atoms with Crippen LogP contribution in [-0.2, 0) is 0 Å². The van der Waals surface area contributed by atoms with Crippen LogP contribution in [0.1, 0.15) is 5.56 Å². The van der Waals surface area contributed by atoms with Crippen LogP contribution >= 0.6 is 23.2 Å². The van der Waals surface area contributed by atoms with E-state index >= 15 is 0 Å². The molecule has 0 amide bonds. The van der Waals surface area contributed by atoms with Gasteiger partial charge in [0, 0.05) is 28.2 Å². The van der Waals surface area contributed by atoms with Crippen LogP contribution in [0, 0.1) is 0 Å². The number of nitrogens with zero attached hydrogens (tertiary/aromatic N) is 3. The number of fused-ring (bicyclic) bond motifs is 1. The summed E-state index contributed by atoms with van der Waals surface area (Å²) in [5.41, 5.74) is 0.371. The van der Waals surface area contributed by atoms with Crippen molar-refractivity contribution in [1.82, 2.24) is 9.55 Å². The molecule has 0 bridgehead atoms. The minimum absolute atomic E-state index is 0.230. The van der Waals surface area contributed by atoms with Crippen molar-refractivity contribution in [2.45, 2.75) is 0 Å². The topological polar surface area (TPSA) is 76.7 Å². The third-order valence-corrected chi connectivity index (χ3v) is 5.73. The molecular weight excluding hydrogens is 485 g/mol. The molecule has 0 aliphatic rings. The van der Waals surface area contributed by atoms with Crippen LogP contribution in [0.4, 0.5) is 5.69 Å². The Kier molecular flexibility index (Phi) is 6.23. The van der Waals surface area contributed by atoms with Crippen LogP contribution in [0.5, 0.6) is 17.4 Å². The third-order valence-electron chi connectivity index (χ3n) is 5.27. The van der Waals surface area contributed by atoms with E-state index in [9.17, 15) is 9.90 Å². The van der Waals surface area contributed by atoms with Crippen LogP contribution in [0.15, 0.2) is 101 Å². The summed E-state index contributed by atoms with van der Waals surface area (Å²) in [7, 11) is 0. The smallest absolute Gasteiger partial charge is 0.267 e. The molecule has 3 aromatic carbocycles. The summed E-state index contributed by atoms with van der Waals surface area (Å²) in [6.45, 7) is 0. The van der Waals surface area contributed by atoms with Gasteiger partial charge >= 0.3 is 0 Å². The Hall–Kier alpha value is -4.13. The lowest BCUT2D eigenvalue weighted by atomic mass is 10.1. The number of benzene rings is 3. The van der Waals surface area contributed by atoms with E-state index in [2.05, 4.69) is 9.98 Å². The number of aromatic nitrogens is 2. The maximum atomic E-state index is 13.2. The van der Waals surface area contributed by atoms with Crippen molar-refractivity contribution in [2.75, 3.05) is 0 Å². The maximum Gasteiger partial charge on any atom is 0.267 e. The van der Waals surface area contributed by atoms with Crippen molar-refractivity contribution in [3.8, 4) is 23.2 Å². The summed E-state index contributed by atoms with van der Waals surface area (Å²) >= 11 is 12.2. The highest BCUT2D eigenvalue weighted by Gasteiger charge is 2.17. The molecule has 0 unspecified atom stereocenters. The van der Waals surface area contributed by atoms with Crippen LogP contribution in [0.3, 0.4) is 0 Å². The van der Waals surface area contributed by atoms with Gasteiger partial charge in [-0.05, 0) is 48.5 Å². The molecular formula is C27H17Cl2N3O3. The second kappa shape index (κ2) is 9.62. The zero-order valence-electron chi connectivity index (χ0n) is 18.1. The molecule has 5 rings (SSSR count). The Balaban J connectivity index is 1.66. The van der Waals surface area contributed by atoms with Crippen molar-refractivity contribution in [3.63, 3.8) is 0 Å². The highest BCUT2D eigenvalue weighted by molar-refractivity contribution is 6.31. The third kappa shape index (κ3) is 4.62. The van der Waals surface area contributed by atoms with Crippen LogP contribution in [0.25, 0.3) is 16.6 Å². The number of hydrogen-bond acceptors (Lipinski definition) is 5. The van der Waals surface area contributed by atoms with Crippen molar-refractivity contribution in [1.29, 1.82) is 0 Å². The highest BCUT2D eigenvalue weighted by Crippen LogP contribution is 2.35. The number of halogens is 2. The van der Waals surface area contributed by atoms with E-state index < -0.39 is 5.56 Å². The lowest BCUT2D eigenvalue weighted by Crippen LogP contribution is -2.21. The van der Waals surface area contributed by atoms with Gasteiger partial charge < -0.3 is 9.84 Å². The van der Waals surface area contributed by atoms with Gasteiger partial charge in [-0.3, -0.25) is 9.79 Å². The summed E-state index contributed by atoms with van der Waals surface area (Å²) in [6.07, 6.45) is 2.89. The molecule has 5 aromatic rings. The number of aliphatic imine (C=N–C) groups is 1. The SMILES string of the molecule is O=c1c2ccccc2c(C=Nc2cc(Cl)ccc2Oc2ccccc2)c(O)n1-c1ccc(Cl)cn1. The molecule has 2 aromatic heterocycles. The van der Waals surface area contributed by atoms with Gasteiger partial charge in [-0.25, -0.2) is 9.55 Å². The van der Waals surface area contributed by atoms with E-state index in [1.54, 1.807) is 54.6 Å². The lowest BCUT2D eigenvalue weighted by Gasteiger charge is -2.13. The van der Waals surface area contributed by atoms with Gasteiger partial charge in [0.05, 0.1) is 10.6 Å². The van der Waals surface area contributed by atoms with Crippen molar-refractivity contribution < 1.29 is 9.84 Å². The average molecular weight is 502 g/mol. The average Bonchev–Trinajstić information content (AvgIpc) is 2.87. The minimum Gasteiger partial charge on any atom is -0.494 e. The van der Waals surface area contributed by atoms with Crippen LogP contribution in [0.2, 0.25) is 10.0 Å². The summed E-state index contributed by atoms with van der Waals surface area (Å²) in [5, 5.41) is 13.0. The number of aromatic hydroxyl groups is 1. The summed E-state index contributed by atoms with van der Waals surface area (Å²) in [5.74, 6) is 1.04. The van der Waals surface area contributed by atoms with Crippen molar-refractivity contribution in [2.24, 2.45) is 4.99 Å². The molecule has 172 valence electrons. The molecule has 8 heteroatoms. The molecule has 0 saturated carbocycles. The zero-order valence-corrected chi connectivity index (χ0v) is 19.6. The molecule has 0 atom stereocenters. The van der Waals surface area contributed by atoms with Crippen LogP contribution in [-0.4, -0.2) is 20.9 Å². The number of pyridine rings is 2. The molecule has 0 saturated heterocycles. The van der Waals surface area contributed by atoms with Gasteiger partial charge in [-0.2, -0.15) is 0 Å². The fourth-order valence-corrected chi connectivity index (χ4v) is 3.91. The highest BCUT2D eigenvalue weighted by atomic mass is 35.5. The molecule has 0 spiro atoms. The first-order chi connectivity index (χ1) is 17.0. The Labute approximate surface area is 210 Å². The van der Waals surface area contributed by atoms with Crippen molar-refractivity contribution in [3.05, 3.63) is 117 Å². The van der Waals surface area contributed by atoms with Gasteiger partial charge in [0.15, 0.2) is 5.75 Å². The predicted octanol–water partition coefficient (Wildman–Crippen LogP) is 6.94. The monoisotopic (exact) mass is 501 g/mol. The summed E-state index contributed by atoms with van der Waals surface area (Å²) < 4.78 is 7.11. The van der Waals surface area contributed by atoms with Gasteiger partial charge in [0.1, 0.15) is 17.3 Å². The number of para-hydroxylation sites is 1. The fraction of sp³-hybridized carbons (Fsp3) is 0.